The third kappa shape index (κ3) is 1.13. The minimum atomic E-state index is -0.518. The van der Waals surface area contributed by atoms with E-state index in [-0.39, 0.29) is 11.9 Å². The molecule has 3 amide bonds. The third-order valence-corrected chi connectivity index (χ3v) is 3.18. The fraction of sp³-hybridized carbons (Fsp3) is 0.800. The smallest absolute Gasteiger partial charge is 0.323 e. The molecule has 0 radical (unpaired) electrons. The highest BCUT2D eigenvalue weighted by Gasteiger charge is 2.66. The quantitative estimate of drug-likeness (QED) is 0.669. The molecule has 14 heavy (non-hydrogen) atoms. The van der Waals surface area contributed by atoms with Gasteiger partial charge in [0.05, 0.1) is 0 Å². The van der Waals surface area contributed by atoms with Gasteiger partial charge in [-0.25, -0.2) is 4.79 Å². The summed E-state index contributed by atoms with van der Waals surface area (Å²) in [7, 11) is 1.54. The predicted octanol–water partition coefficient (Wildman–Crippen LogP) is 0.973. The number of hydrogen-bond acceptors (Lipinski definition) is 2. The van der Waals surface area contributed by atoms with Gasteiger partial charge in [-0.05, 0) is 24.7 Å². The van der Waals surface area contributed by atoms with Crippen molar-refractivity contribution in [3.05, 3.63) is 0 Å². The number of imide groups is 1. The van der Waals surface area contributed by atoms with Crippen molar-refractivity contribution in [2.75, 3.05) is 7.05 Å². The third-order valence-electron chi connectivity index (χ3n) is 3.18. The van der Waals surface area contributed by atoms with Gasteiger partial charge in [0.1, 0.15) is 5.54 Å². The molecule has 2 unspecified atom stereocenters. The van der Waals surface area contributed by atoms with E-state index in [1.807, 2.05) is 0 Å². The van der Waals surface area contributed by atoms with Crippen LogP contribution in [0.15, 0.2) is 0 Å². The van der Waals surface area contributed by atoms with Gasteiger partial charge in [0.2, 0.25) is 0 Å². The Morgan fingerprint density at radius 3 is 2.64 bits per heavy atom. The van der Waals surface area contributed by atoms with Gasteiger partial charge in [0, 0.05) is 7.05 Å². The van der Waals surface area contributed by atoms with Crippen molar-refractivity contribution in [1.29, 1.82) is 0 Å². The molecule has 2 rings (SSSR count). The lowest BCUT2D eigenvalue weighted by molar-refractivity contribution is -0.127. The van der Waals surface area contributed by atoms with E-state index in [4.69, 9.17) is 0 Å². The molecule has 0 aromatic carbocycles. The Kier molecular flexibility index (Phi) is 1.84. The van der Waals surface area contributed by atoms with E-state index in [0.717, 1.165) is 12.8 Å². The van der Waals surface area contributed by atoms with E-state index in [0.29, 0.717) is 11.8 Å². The highest BCUT2D eigenvalue weighted by Crippen LogP contribution is 2.50. The van der Waals surface area contributed by atoms with Crippen LogP contribution in [0.1, 0.15) is 26.7 Å². The Hall–Kier alpha value is -1.06. The van der Waals surface area contributed by atoms with E-state index >= 15 is 0 Å². The maximum Gasteiger partial charge on any atom is 0.324 e. The van der Waals surface area contributed by atoms with Crippen molar-refractivity contribution in [3.63, 3.8) is 0 Å². The second-order valence-electron chi connectivity index (χ2n) is 4.80. The highest BCUT2D eigenvalue weighted by molar-refractivity contribution is 6.08. The summed E-state index contributed by atoms with van der Waals surface area (Å²) in [5, 5.41) is 2.80. The summed E-state index contributed by atoms with van der Waals surface area (Å²) in [4.78, 5) is 24.2. The molecule has 1 aliphatic heterocycles. The molecule has 4 heteroatoms. The minimum Gasteiger partial charge on any atom is -0.323 e. The summed E-state index contributed by atoms with van der Waals surface area (Å²) >= 11 is 0. The lowest BCUT2D eigenvalue weighted by Crippen LogP contribution is -2.34. The molecule has 1 saturated carbocycles. The number of amides is 3. The molecule has 78 valence electrons. The molecule has 1 N–H and O–H groups in total. The van der Waals surface area contributed by atoms with Crippen molar-refractivity contribution in [3.8, 4) is 0 Å². The summed E-state index contributed by atoms with van der Waals surface area (Å²) in [5.41, 5.74) is -0.518. The van der Waals surface area contributed by atoms with Gasteiger partial charge in [-0.1, -0.05) is 13.8 Å². The minimum absolute atomic E-state index is 0.0480. The summed E-state index contributed by atoms with van der Waals surface area (Å²) in [6.07, 6.45) is 1.83. The van der Waals surface area contributed by atoms with Crippen LogP contribution in [0.3, 0.4) is 0 Å². The molecule has 1 spiro atoms. The molecule has 0 bridgehead atoms. The number of carbonyl (C=O) groups excluding carboxylic acids is 2. The molecular weight excluding hydrogens is 180 g/mol. The van der Waals surface area contributed by atoms with Crippen molar-refractivity contribution in [2.45, 2.75) is 32.2 Å². The van der Waals surface area contributed by atoms with Gasteiger partial charge in [0.25, 0.3) is 5.91 Å². The van der Waals surface area contributed by atoms with E-state index in [9.17, 15) is 9.59 Å². The van der Waals surface area contributed by atoms with Crippen LogP contribution in [0.5, 0.6) is 0 Å². The monoisotopic (exact) mass is 196 g/mol. The Bertz CT molecular complexity index is 300. The summed E-state index contributed by atoms with van der Waals surface area (Å²) in [5.74, 6) is 0.882. The Balaban J connectivity index is 2.08. The first-order valence-electron chi connectivity index (χ1n) is 5.07. The molecule has 2 aliphatic rings. The maximum atomic E-state index is 11.7. The second kappa shape index (κ2) is 2.72. The molecule has 2 atom stereocenters. The number of rotatable bonds is 2. The SMILES string of the molecule is CC(C)CC1CC12NC(=O)N(C)C2=O. The first-order valence-corrected chi connectivity index (χ1v) is 5.07. The topological polar surface area (TPSA) is 49.4 Å². The molecule has 2 fully saturated rings. The summed E-state index contributed by atoms with van der Waals surface area (Å²) in [6.45, 7) is 4.27. The van der Waals surface area contributed by atoms with E-state index in [1.54, 1.807) is 0 Å². The first-order chi connectivity index (χ1) is 6.47. The van der Waals surface area contributed by atoms with Gasteiger partial charge in [-0.15, -0.1) is 0 Å². The second-order valence-corrected chi connectivity index (χ2v) is 4.80. The van der Waals surface area contributed by atoms with Crippen LogP contribution in [0.25, 0.3) is 0 Å². The van der Waals surface area contributed by atoms with Gasteiger partial charge >= 0.3 is 6.03 Å². The largest absolute Gasteiger partial charge is 0.324 e. The van der Waals surface area contributed by atoms with Crippen molar-refractivity contribution >= 4 is 11.9 Å². The molecule has 0 aromatic heterocycles. The summed E-state index contributed by atoms with van der Waals surface area (Å²) < 4.78 is 0. The Labute approximate surface area is 83.6 Å². The summed E-state index contributed by atoms with van der Waals surface area (Å²) in [6, 6.07) is -0.249. The molecule has 1 aliphatic carbocycles. The Morgan fingerprint density at radius 2 is 2.21 bits per heavy atom. The van der Waals surface area contributed by atoms with Gasteiger partial charge < -0.3 is 5.32 Å². The molecule has 1 heterocycles. The lowest BCUT2D eigenvalue weighted by Gasteiger charge is -2.08. The van der Waals surface area contributed by atoms with Crippen molar-refractivity contribution in [1.82, 2.24) is 10.2 Å². The van der Waals surface area contributed by atoms with E-state index < -0.39 is 5.54 Å². The fourth-order valence-corrected chi connectivity index (χ4v) is 2.32. The van der Waals surface area contributed by atoms with Crippen molar-refractivity contribution < 1.29 is 9.59 Å². The Morgan fingerprint density at radius 1 is 1.57 bits per heavy atom. The lowest BCUT2D eigenvalue weighted by atomic mass is 10.0. The predicted molar refractivity (Wildman–Crippen MR) is 51.6 cm³/mol. The average molecular weight is 196 g/mol. The zero-order chi connectivity index (χ0) is 10.5. The van der Waals surface area contributed by atoms with Gasteiger partial charge in [-0.2, -0.15) is 0 Å². The van der Waals surface area contributed by atoms with Crippen LogP contribution in [0.2, 0.25) is 0 Å². The van der Waals surface area contributed by atoms with Crippen molar-refractivity contribution in [2.24, 2.45) is 11.8 Å². The molecule has 0 aromatic rings. The molecular formula is C10H16N2O2. The van der Waals surface area contributed by atoms with Crippen LogP contribution in [-0.2, 0) is 4.79 Å². The molecule has 4 nitrogen and oxygen atoms in total. The van der Waals surface area contributed by atoms with Crippen LogP contribution in [-0.4, -0.2) is 29.4 Å². The van der Waals surface area contributed by atoms with E-state index in [2.05, 4.69) is 19.2 Å². The van der Waals surface area contributed by atoms with Gasteiger partial charge in [-0.3, -0.25) is 9.69 Å². The fourth-order valence-electron chi connectivity index (χ4n) is 2.32. The number of urea groups is 1. The van der Waals surface area contributed by atoms with Crippen LogP contribution in [0, 0.1) is 11.8 Å². The first kappa shape index (κ1) is 9.49. The molecule has 1 saturated heterocycles. The van der Waals surface area contributed by atoms with Crippen LogP contribution < -0.4 is 5.32 Å². The van der Waals surface area contributed by atoms with Crippen LogP contribution >= 0.6 is 0 Å². The number of carbonyl (C=O) groups is 2. The number of nitrogens with one attached hydrogen (secondary N) is 1. The number of likely N-dealkylation sites (N-methyl/N-ethyl adjacent to an activating group) is 1. The highest BCUT2D eigenvalue weighted by atomic mass is 16.2. The standard InChI is InChI=1S/C10H16N2O2/c1-6(2)4-7-5-10(7)8(13)12(3)9(14)11-10/h6-7H,4-5H2,1-3H3,(H,11,14). The number of hydrogen-bond donors (Lipinski definition) is 1. The zero-order valence-corrected chi connectivity index (χ0v) is 8.83. The van der Waals surface area contributed by atoms with E-state index in [1.165, 1.54) is 11.9 Å². The van der Waals surface area contributed by atoms with Crippen LogP contribution in [0.4, 0.5) is 4.79 Å². The van der Waals surface area contributed by atoms with Gasteiger partial charge in [0.15, 0.2) is 0 Å². The normalized spacial score (nSPS) is 35.7. The average Bonchev–Trinajstić information content (AvgIpc) is 2.70. The maximum absolute atomic E-state index is 11.7. The number of nitrogens with zero attached hydrogens (tertiary/aromatic N) is 1. The zero-order valence-electron chi connectivity index (χ0n) is 8.83.